The molecule has 12 atom stereocenters. The molecule has 6 aliphatic rings. The summed E-state index contributed by atoms with van der Waals surface area (Å²) in [6, 6.07) is 0. The van der Waals surface area contributed by atoms with Crippen molar-refractivity contribution in [2.24, 2.45) is 50.2 Å². The highest BCUT2D eigenvalue weighted by molar-refractivity contribution is 5.31. The number of nitrogens with one attached hydrogen (secondary N) is 1. The number of hydrogen-bond donors (Lipinski definition) is 2. The number of ether oxygens (including phenoxy) is 1. The number of fused-ring (bicyclic) bond motifs is 7. The summed E-state index contributed by atoms with van der Waals surface area (Å²) in [5, 5.41) is 14.6. The largest absolute Gasteiger partial charge is 0.393 e. The van der Waals surface area contributed by atoms with Crippen LogP contribution in [0.5, 0.6) is 0 Å². The molecule has 2 saturated heterocycles. The SMILES string of the molecule is C[C@@H]1CC[C@@]2(NC1)O[C@@]1(C)C[C@@]3(C)[C@@H]4CC[C@@]5(C)C[C@@H](O)CC[C@]5(C)[C@@]4(C)CC[C@]3(C)[C@@]1(C)[C@@H]2C. The van der Waals surface area contributed by atoms with Crippen molar-refractivity contribution >= 4 is 0 Å². The van der Waals surface area contributed by atoms with Gasteiger partial charge in [0.15, 0.2) is 0 Å². The van der Waals surface area contributed by atoms with E-state index in [9.17, 15) is 5.11 Å². The van der Waals surface area contributed by atoms with E-state index in [2.05, 4.69) is 67.6 Å². The van der Waals surface area contributed by atoms with Gasteiger partial charge in [-0.25, -0.2) is 0 Å². The molecule has 0 radical (unpaired) electrons. The molecule has 0 aromatic rings. The number of piperidine rings is 1. The molecule has 2 heterocycles. The van der Waals surface area contributed by atoms with Crippen LogP contribution in [0.3, 0.4) is 0 Å². The molecule has 6 rings (SSSR count). The van der Waals surface area contributed by atoms with Crippen molar-refractivity contribution in [3.05, 3.63) is 0 Å². The van der Waals surface area contributed by atoms with Gasteiger partial charge in [0, 0.05) is 17.9 Å². The first-order valence-electron chi connectivity index (χ1n) is 15.2. The topological polar surface area (TPSA) is 41.5 Å². The summed E-state index contributed by atoms with van der Waals surface area (Å²) in [5.41, 5.74) is 1.39. The molecule has 6 fully saturated rings. The van der Waals surface area contributed by atoms with E-state index in [0.717, 1.165) is 37.6 Å². The number of rotatable bonds is 0. The Morgan fingerprint density at radius 1 is 0.771 bits per heavy atom. The first-order chi connectivity index (χ1) is 16.1. The van der Waals surface area contributed by atoms with E-state index in [-0.39, 0.29) is 39.1 Å². The van der Waals surface area contributed by atoms with Gasteiger partial charge in [0.25, 0.3) is 0 Å². The molecule has 2 aliphatic heterocycles. The Hall–Kier alpha value is -0.120. The maximum absolute atomic E-state index is 10.7. The molecule has 200 valence electrons. The normalized spacial score (nSPS) is 66.0. The summed E-state index contributed by atoms with van der Waals surface area (Å²) in [7, 11) is 0. The van der Waals surface area contributed by atoms with Gasteiger partial charge in [0.05, 0.1) is 11.7 Å². The van der Waals surface area contributed by atoms with Crippen LogP contribution >= 0.6 is 0 Å². The van der Waals surface area contributed by atoms with Crippen molar-refractivity contribution < 1.29 is 9.84 Å². The molecule has 3 heteroatoms. The standard InChI is InChI=1S/C32H55NO2/c1-21-10-15-32(33-19-21)22(2)31(9)29(7)17-16-26(4)24(27(29,5)20-30(31,8)35-32)12-13-25(3)18-23(34)11-14-28(25,26)6/h21-24,33-34H,10-20H2,1-9H3/t21-,22+,23+,24-,25+,26+,27+,28+,29+,30+,31-,32-/m1/s1. The van der Waals surface area contributed by atoms with E-state index in [0.29, 0.717) is 16.7 Å². The molecular formula is C32H55NO2. The van der Waals surface area contributed by atoms with E-state index < -0.39 is 0 Å². The second kappa shape index (κ2) is 6.90. The number of hydrogen-bond acceptors (Lipinski definition) is 3. The quantitative estimate of drug-likeness (QED) is 0.378. The molecule has 35 heavy (non-hydrogen) atoms. The second-order valence-corrected chi connectivity index (χ2v) is 16.4. The monoisotopic (exact) mass is 485 g/mol. The van der Waals surface area contributed by atoms with Crippen LogP contribution in [0.2, 0.25) is 0 Å². The van der Waals surface area contributed by atoms with Crippen LogP contribution < -0.4 is 5.32 Å². The lowest BCUT2D eigenvalue weighted by molar-refractivity contribution is -0.255. The minimum absolute atomic E-state index is 0.0842. The van der Waals surface area contributed by atoms with Crippen molar-refractivity contribution in [2.45, 2.75) is 144 Å². The fourth-order valence-electron chi connectivity index (χ4n) is 12.9. The Bertz CT molecular complexity index is 911. The van der Waals surface area contributed by atoms with Crippen LogP contribution in [-0.2, 0) is 4.74 Å². The summed E-state index contributed by atoms with van der Waals surface area (Å²) in [6.07, 6.45) is 12.0. The highest BCUT2D eigenvalue weighted by atomic mass is 16.5. The predicted molar refractivity (Wildman–Crippen MR) is 143 cm³/mol. The summed E-state index contributed by atoms with van der Waals surface area (Å²) >= 11 is 0. The molecule has 0 aromatic carbocycles. The minimum Gasteiger partial charge on any atom is -0.393 e. The van der Waals surface area contributed by atoms with E-state index in [1.54, 1.807) is 0 Å². The van der Waals surface area contributed by atoms with Crippen molar-refractivity contribution in [2.75, 3.05) is 6.54 Å². The van der Waals surface area contributed by atoms with Crippen molar-refractivity contribution in [3.8, 4) is 0 Å². The first kappa shape index (κ1) is 25.2. The molecule has 4 aliphatic carbocycles. The van der Waals surface area contributed by atoms with Gasteiger partial charge in [-0.05, 0) is 110 Å². The van der Waals surface area contributed by atoms with Crippen molar-refractivity contribution in [1.29, 1.82) is 0 Å². The third kappa shape index (κ3) is 2.52. The van der Waals surface area contributed by atoms with E-state index in [1.165, 1.54) is 44.9 Å². The average Bonchev–Trinajstić information content (AvgIpc) is 3.02. The van der Waals surface area contributed by atoms with Gasteiger partial charge < -0.3 is 9.84 Å². The lowest BCUT2D eigenvalue weighted by Crippen LogP contribution is -2.67. The molecule has 0 aromatic heterocycles. The Labute approximate surface area is 215 Å². The molecule has 2 N–H and O–H groups in total. The summed E-state index contributed by atoms with van der Waals surface area (Å²) in [6.45, 7) is 24.4. The number of aliphatic hydroxyl groups excluding tert-OH is 1. The fourth-order valence-corrected chi connectivity index (χ4v) is 12.9. The van der Waals surface area contributed by atoms with Crippen LogP contribution in [0.15, 0.2) is 0 Å². The van der Waals surface area contributed by atoms with Crippen LogP contribution in [-0.4, -0.2) is 29.1 Å². The lowest BCUT2D eigenvalue weighted by atomic mass is 9.31. The maximum Gasteiger partial charge on any atom is 0.123 e. The minimum atomic E-state index is -0.141. The molecule has 3 nitrogen and oxygen atoms in total. The molecular weight excluding hydrogens is 430 g/mol. The van der Waals surface area contributed by atoms with Gasteiger partial charge in [0.2, 0.25) is 0 Å². The zero-order valence-electron chi connectivity index (χ0n) is 24.4. The average molecular weight is 486 g/mol. The Morgan fingerprint density at radius 2 is 1.49 bits per heavy atom. The van der Waals surface area contributed by atoms with Crippen LogP contribution in [0, 0.1) is 50.2 Å². The van der Waals surface area contributed by atoms with E-state index in [1.807, 2.05) is 0 Å². The maximum atomic E-state index is 10.7. The van der Waals surface area contributed by atoms with Gasteiger partial charge in [-0.3, -0.25) is 5.32 Å². The zero-order valence-corrected chi connectivity index (χ0v) is 24.4. The molecule has 0 unspecified atom stereocenters. The van der Waals surface area contributed by atoms with Gasteiger partial charge >= 0.3 is 0 Å². The summed E-state index contributed by atoms with van der Waals surface area (Å²) in [5.74, 6) is 1.99. The number of aliphatic hydroxyl groups is 1. The van der Waals surface area contributed by atoms with Crippen LogP contribution in [0.1, 0.15) is 127 Å². The third-order valence-electron chi connectivity index (χ3n) is 15.9. The van der Waals surface area contributed by atoms with E-state index in [4.69, 9.17) is 4.74 Å². The predicted octanol–water partition coefficient (Wildman–Crippen LogP) is 7.32. The van der Waals surface area contributed by atoms with Gasteiger partial charge in [-0.2, -0.15) is 0 Å². The van der Waals surface area contributed by atoms with Crippen molar-refractivity contribution in [3.63, 3.8) is 0 Å². The van der Waals surface area contributed by atoms with Crippen LogP contribution in [0.4, 0.5) is 0 Å². The van der Waals surface area contributed by atoms with E-state index >= 15 is 0 Å². The molecule has 0 bridgehead atoms. The molecule has 0 amide bonds. The Morgan fingerprint density at radius 3 is 2.14 bits per heavy atom. The highest BCUT2D eigenvalue weighted by Crippen LogP contribution is 2.85. The molecule has 1 spiro atoms. The first-order valence-corrected chi connectivity index (χ1v) is 15.2. The van der Waals surface area contributed by atoms with Crippen molar-refractivity contribution in [1.82, 2.24) is 5.32 Å². The summed E-state index contributed by atoms with van der Waals surface area (Å²) < 4.78 is 7.42. The van der Waals surface area contributed by atoms with Gasteiger partial charge in [0.1, 0.15) is 5.72 Å². The second-order valence-electron chi connectivity index (χ2n) is 16.4. The highest BCUT2D eigenvalue weighted by Gasteiger charge is 2.83. The Kier molecular flexibility index (Phi) is 4.96. The smallest absolute Gasteiger partial charge is 0.123 e. The fraction of sp³-hybridized carbons (Fsp3) is 1.00. The third-order valence-corrected chi connectivity index (χ3v) is 15.9. The van der Waals surface area contributed by atoms with Gasteiger partial charge in [-0.1, -0.05) is 55.4 Å². The zero-order chi connectivity index (χ0) is 25.5. The molecule has 4 saturated carbocycles. The van der Waals surface area contributed by atoms with Crippen LogP contribution in [0.25, 0.3) is 0 Å². The summed E-state index contributed by atoms with van der Waals surface area (Å²) in [4.78, 5) is 0. The van der Waals surface area contributed by atoms with Gasteiger partial charge in [-0.15, -0.1) is 0 Å². The Balaban J connectivity index is 1.42. The lowest BCUT2D eigenvalue weighted by Gasteiger charge is -2.73.